The zero-order chi connectivity index (χ0) is 15.5. The number of ether oxygens (including phenoxy) is 1. The van der Waals surface area contributed by atoms with Crippen LogP contribution in [0.15, 0.2) is 12.1 Å². The van der Waals surface area contributed by atoms with Crippen LogP contribution < -0.4 is 11.1 Å². The monoisotopic (exact) mass is 286 g/mol. The molecule has 0 aliphatic rings. The average molecular weight is 286 g/mol. The van der Waals surface area contributed by atoms with Crippen molar-refractivity contribution in [2.24, 2.45) is 5.73 Å². The number of carbonyl (C=O) groups is 1. The molecule has 0 bridgehead atoms. The van der Waals surface area contributed by atoms with E-state index >= 15 is 0 Å². The summed E-state index contributed by atoms with van der Waals surface area (Å²) >= 11 is 0. The maximum Gasteiger partial charge on any atom is 0.412 e. The molecule has 0 aromatic heterocycles. The molecule has 0 spiro atoms. The van der Waals surface area contributed by atoms with Crippen LogP contribution in [0.5, 0.6) is 0 Å². The summed E-state index contributed by atoms with van der Waals surface area (Å²) < 4.78 is 32.2. The second-order valence-corrected chi connectivity index (χ2v) is 5.63. The Morgan fingerprint density at radius 2 is 2.00 bits per heavy atom. The minimum Gasteiger partial charge on any atom is -0.444 e. The van der Waals surface area contributed by atoms with Gasteiger partial charge >= 0.3 is 6.09 Å². The molecule has 6 heteroatoms. The van der Waals surface area contributed by atoms with Crippen LogP contribution in [0.25, 0.3) is 0 Å². The van der Waals surface area contributed by atoms with Crippen LogP contribution in [0.2, 0.25) is 0 Å². The van der Waals surface area contributed by atoms with Crippen molar-refractivity contribution in [1.29, 1.82) is 0 Å². The van der Waals surface area contributed by atoms with Crippen LogP contribution in [0, 0.1) is 11.6 Å². The molecule has 3 N–H and O–H groups in total. The maximum absolute atomic E-state index is 13.7. The Balaban J connectivity index is 3.00. The molecule has 112 valence electrons. The summed E-state index contributed by atoms with van der Waals surface area (Å²) in [7, 11) is 0. The normalized spacial score (nSPS) is 12.9. The number of nitrogens with one attached hydrogen (secondary N) is 1. The number of hydrogen-bond acceptors (Lipinski definition) is 3. The summed E-state index contributed by atoms with van der Waals surface area (Å²) in [6.45, 7) is 7.10. The third-order valence-corrected chi connectivity index (χ3v) is 2.61. The van der Waals surface area contributed by atoms with E-state index in [-0.39, 0.29) is 18.2 Å². The summed E-state index contributed by atoms with van der Waals surface area (Å²) in [6.07, 6.45) is -0.839. The molecule has 0 aliphatic heterocycles. The lowest BCUT2D eigenvalue weighted by atomic mass is 10.0. The number of hydrogen-bond donors (Lipinski definition) is 2. The summed E-state index contributed by atoms with van der Waals surface area (Å²) in [4.78, 5) is 11.6. The highest BCUT2D eigenvalue weighted by atomic mass is 19.2. The molecule has 0 aliphatic carbocycles. The topological polar surface area (TPSA) is 64.3 Å². The molecule has 0 radical (unpaired) electrons. The number of halogens is 2. The Bertz CT molecular complexity index is 499. The molecule has 1 amide bonds. The van der Waals surface area contributed by atoms with Gasteiger partial charge in [-0.15, -0.1) is 0 Å². The molecule has 1 atom stereocenters. The smallest absolute Gasteiger partial charge is 0.412 e. The summed E-state index contributed by atoms with van der Waals surface area (Å²) in [5, 5.41) is 2.21. The van der Waals surface area contributed by atoms with Crippen molar-refractivity contribution in [1.82, 2.24) is 0 Å². The third-order valence-electron chi connectivity index (χ3n) is 2.61. The molecule has 1 aromatic carbocycles. The van der Waals surface area contributed by atoms with Crippen molar-refractivity contribution in [2.45, 2.75) is 39.2 Å². The molecule has 0 fully saturated rings. The lowest BCUT2D eigenvalue weighted by Gasteiger charge is -2.20. The van der Waals surface area contributed by atoms with Crippen LogP contribution in [0.3, 0.4) is 0 Å². The molecular weight excluding hydrogens is 266 g/mol. The van der Waals surface area contributed by atoms with Crippen molar-refractivity contribution in [3.8, 4) is 0 Å². The van der Waals surface area contributed by atoms with E-state index in [0.29, 0.717) is 5.56 Å². The number of anilines is 1. The minimum atomic E-state index is -1.12. The predicted octanol–water partition coefficient (Wildman–Crippen LogP) is 3.37. The zero-order valence-corrected chi connectivity index (χ0v) is 12.1. The van der Waals surface area contributed by atoms with E-state index in [1.807, 2.05) is 0 Å². The summed E-state index contributed by atoms with van der Waals surface area (Å²) in [5.41, 5.74) is 5.03. The van der Waals surface area contributed by atoms with E-state index in [9.17, 15) is 13.6 Å². The first-order valence-electron chi connectivity index (χ1n) is 6.33. The van der Waals surface area contributed by atoms with Gasteiger partial charge in [-0.1, -0.05) is 6.92 Å². The molecular formula is C14H20F2N2O2. The predicted molar refractivity (Wildman–Crippen MR) is 73.7 cm³/mol. The highest BCUT2D eigenvalue weighted by molar-refractivity contribution is 5.85. The molecule has 20 heavy (non-hydrogen) atoms. The second kappa shape index (κ2) is 6.17. The summed E-state index contributed by atoms with van der Waals surface area (Å²) in [6, 6.07) is 2.44. The van der Waals surface area contributed by atoms with Crippen LogP contribution in [-0.4, -0.2) is 18.2 Å². The quantitative estimate of drug-likeness (QED) is 0.895. The van der Waals surface area contributed by atoms with Crippen LogP contribution in [-0.2, 0) is 4.74 Å². The fourth-order valence-corrected chi connectivity index (χ4v) is 1.54. The Labute approximate surface area is 117 Å². The van der Waals surface area contributed by atoms with Crippen molar-refractivity contribution < 1.29 is 18.3 Å². The van der Waals surface area contributed by atoms with Gasteiger partial charge in [0, 0.05) is 0 Å². The van der Waals surface area contributed by atoms with E-state index in [1.165, 1.54) is 6.07 Å². The van der Waals surface area contributed by atoms with Gasteiger partial charge < -0.3 is 10.5 Å². The third kappa shape index (κ3) is 4.45. The van der Waals surface area contributed by atoms with Gasteiger partial charge in [-0.05, 0) is 50.9 Å². The van der Waals surface area contributed by atoms with Crippen LogP contribution >= 0.6 is 0 Å². The number of carbonyl (C=O) groups excluding carboxylic acids is 1. The number of amides is 1. The number of rotatable bonds is 3. The highest BCUT2D eigenvalue weighted by Crippen LogP contribution is 2.25. The molecule has 1 rings (SSSR count). The van der Waals surface area contributed by atoms with E-state index in [0.717, 1.165) is 6.07 Å². The minimum absolute atomic E-state index is 0.149. The van der Waals surface area contributed by atoms with Gasteiger partial charge in [0.2, 0.25) is 0 Å². The second-order valence-electron chi connectivity index (χ2n) is 5.63. The standard InChI is InChI=1S/C14H20F2N2O2/c1-8(7-17)9-5-10(15)12(16)11(6-9)18-13(19)20-14(2,3)4/h5-6,8H,7,17H2,1-4H3,(H,18,19). The highest BCUT2D eigenvalue weighted by Gasteiger charge is 2.20. The van der Waals surface area contributed by atoms with Gasteiger partial charge in [0.1, 0.15) is 5.60 Å². The van der Waals surface area contributed by atoms with E-state index in [1.54, 1.807) is 27.7 Å². The van der Waals surface area contributed by atoms with Crippen LogP contribution in [0.1, 0.15) is 39.2 Å². The van der Waals surface area contributed by atoms with E-state index in [2.05, 4.69) is 5.32 Å². The molecule has 1 aromatic rings. The van der Waals surface area contributed by atoms with Gasteiger partial charge in [-0.3, -0.25) is 5.32 Å². The first kappa shape index (κ1) is 16.4. The molecule has 1 unspecified atom stereocenters. The Kier molecular flexibility index (Phi) is 5.05. The zero-order valence-electron chi connectivity index (χ0n) is 12.1. The van der Waals surface area contributed by atoms with Gasteiger partial charge in [0.05, 0.1) is 5.69 Å². The largest absolute Gasteiger partial charge is 0.444 e. The van der Waals surface area contributed by atoms with Gasteiger partial charge in [0.15, 0.2) is 11.6 Å². The van der Waals surface area contributed by atoms with Gasteiger partial charge in [0.25, 0.3) is 0 Å². The molecule has 0 saturated carbocycles. The Morgan fingerprint density at radius 3 is 2.50 bits per heavy atom. The first-order chi connectivity index (χ1) is 9.14. The summed E-state index contributed by atoms with van der Waals surface area (Å²) in [5.74, 6) is -2.30. The Morgan fingerprint density at radius 1 is 1.40 bits per heavy atom. The Hall–Kier alpha value is -1.69. The van der Waals surface area contributed by atoms with E-state index < -0.39 is 23.3 Å². The molecule has 4 nitrogen and oxygen atoms in total. The SMILES string of the molecule is CC(CN)c1cc(F)c(F)c(NC(=O)OC(C)(C)C)c1. The average Bonchev–Trinajstić information content (AvgIpc) is 2.31. The first-order valence-corrected chi connectivity index (χ1v) is 6.33. The van der Waals surface area contributed by atoms with Crippen LogP contribution in [0.4, 0.5) is 19.3 Å². The molecule has 0 heterocycles. The van der Waals surface area contributed by atoms with Crippen molar-refractivity contribution >= 4 is 11.8 Å². The maximum atomic E-state index is 13.7. The fourth-order valence-electron chi connectivity index (χ4n) is 1.54. The van der Waals surface area contributed by atoms with E-state index in [4.69, 9.17) is 10.5 Å². The van der Waals surface area contributed by atoms with Gasteiger partial charge in [-0.25, -0.2) is 13.6 Å². The van der Waals surface area contributed by atoms with Crippen molar-refractivity contribution in [3.63, 3.8) is 0 Å². The van der Waals surface area contributed by atoms with Gasteiger partial charge in [-0.2, -0.15) is 0 Å². The number of benzene rings is 1. The lowest BCUT2D eigenvalue weighted by Crippen LogP contribution is -2.27. The molecule has 0 saturated heterocycles. The van der Waals surface area contributed by atoms with Crippen molar-refractivity contribution in [3.05, 3.63) is 29.3 Å². The fraction of sp³-hybridized carbons (Fsp3) is 0.500. The lowest BCUT2D eigenvalue weighted by molar-refractivity contribution is 0.0635. The number of nitrogens with two attached hydrogens (primary N) is 1. The van der Waals surface area contributed by atoms with Crippen molar-refractivity contribution in [2.75, 3.05) is 11.9 Å².